The summed E-state index contributed by atoms with van der Waals surface area (Å²) in [5.41, 5.74) is 1.01. The lowest BCUT2D eigenvalue weighted by Gasteiger charge is -2.40. The highest BCUT2D eigenvalue weighted by molar-refractivity contribution is 5.58. The third kappa shape index (κ3) is 3.36. The first-order valence-electron chi connectivity index (χ1n) is 6.29. The van der Waals surface area contributed by atoms with Crippen molar-refractivity contribution in [1.29, 1.82) is 0 Å². The molecule has 6 nitrogen and oxygen atoms in total. The van der Waals surface area contributed by atoms with Crippen molar-refractivity contribution in [1.82, 2.24) is 0 Å². The summed E-state index contributed by atoms with van der Waals surface area (Å²) in [6, 6.07) is 13.7. The number of nitrogens with zero attached hydrogens (tertiary/aromatic N) is 2. The van der Waals surface area contributed by atoms with Crippen molar-refractivity contribution in [2.24, 2.45) is 0 Å². The smallest absolute Gasteiger partial charge is 0.119 e. The van der Waals surface area contributed by atoms with Crippen LogP contribution >= 0.6 is 0 Å². The van der Waals surface area contributed by atoms with Crippen molar-refractivity contribution in [2.45, 2.75) is 0 Å². The number of hydrazine groups is 1. The van der Waals surface area contributed by atoms with E-state index in [9.17, 15) is 5.21 Å². The van der Waals surface area contributed by atoms with E-state index in [1.54, 1.807) is 62.8 Å². The zero-order valence-corrected chi connectivity index (χ0v) is 12.1. The van der Waals surface area contributed by atoms with E-state index in [4.69, 9.17) is 14.3 Å². The van der Waals surface area contributed by atoms with E-state index < -0.39 is 0 Å². The average molecular weight is 289 g/mol. The summed E-state index contributed by atoms with van der Waals surface area (Å²) in [7, 11) is 4.59. The molecule has 0 spiro atoms. The van der Waals surface area contributed by atoms with Gasteiger partial charge in [-0.3, -0.25) is 4.84 Å². The molecule has 0 aliphatic carbocycles. The minimum Gasteiger partial charge on any atom is -0.737 e. The highest BCUT2D eigenvalue weighted by Crippen LogP contribution is 2.25. The van der Waals surface area contributed by atoms with Crippen molar-refractivity contribution in [3.63, 3.8) is 0 Å². The maximum Gasteiger partial charge on any atom is 0.119 e. The summed E-state index contributed by atoms with van der Waals surface area (Å²) >= 11 is 0. The number of ether oxygens (including phenoxy) is 2. The molecular formula is C15H17N2O4-. The maximum absolute atomic E-state index is 12.4. The van der Waals surface area contributed by atoms with Crippen molar-refractivity contribution in [3.8, 4) is 11.5 Å². The lowest BCUT2D eigenvalue weighted by atomic mass is 10.3. The van der Waals surface area contributed by atoms with Crippen LogP contribution in [-0.4, -0.2) is 21.3 Å². The van der Waals surface area contributed by atoms with Gasteiger partial charge in [0.2, 0.25) is 0 Å². The summed E-state index contributed by atoms with van der Waals surface area (Å²) in [5, 5.41) is 14.2. The van der Waals surface area contributed by atoms with Gasteiger partial charge >= 0.3 is 0 Å². The molecule has 0 radical (unpaired) electrons. The standard InChI is InChI=1S/C15H17N2O4/c1-19-14-8-4-12(5-9-14)16(18)17(21-3)13-6-10-15(20-2)11-7-13/h4-11H,1-3H3/q-1. The zero-order chi connectivity index (χ0) is 15.2. The summed E-state index contributed by atoms with van der Waals surface area (Å²) in [6.45, 7) is 0. The molecule has 6 heteroatoms. The normalized spacial score (nSPS) is 10.1. The van der Waals surface area contributed by atoms with Gasteiger partial charge in [-0.2, -0.15) is 5.17 Å². The molecule has 0 fully saturated rings. The minimum absolute atomic E-state index is 0.425. The summed E-state index contributed by atoms with van der Waals surface area (Å²) in [6.07, 6.45) is 0. The highest BCUT2D eigenvalue weighted by atomic mass is 16.8. The Morgan fingerprint density at radius 2 is 1.14 bits per heavy atom. The molecule has 2 aromatic carbocycles. The number of methoxy groups -OCH3 is 2. The first-order valence-corrected chi connectivity index (χ1v) is 6.29. The average Bonchev–Trinajstić information content (AvgIpc) is 2.56. The zero-order valence-electron chi connectivity index (χ0n) is 12.1. The molecule has 2 aromatic rings. The van der Waals surface area contributed by atoms with Crippen LogP contribution in [0.2, 0.25) is 0 Å². The molecule has 0 aliphatic heterocycles. The lowest BCUT2D eigenvalue weighted by molar-refractivity contribution is 0.166. The first kappa shape index (κ1) is 15.0. The fraction of sp³-hybridized carbons (Fsp3) is 0.200. The van der Waals surface area contributed by atoms with Gasteiger partial charge in [0.25, 0.3) is 0 Å². The molecule has 0 aliphatic rings. The third-order valence-electron chi connectivity index (χ3n) is 2.92. The Morgan fingerprint density at radius 3 is 1.52 bits per heavy atom. The summed E-state index contributed by atoms with van der Waals surface area (Å²) in [5.74, 6) is 1.39. The van der Waals surface area contributed by atoms with E-state index in [0.29, 0.717) is 28.0 Å². The molecule has 0 amide bonds. The van der Waals surface area contributed by atoms with Crippen LogP contribution in [0.15, 0.2) is 48.5 Å². The van der Waals surface area contributed by atoms with E-state index in [0.717, 1.165) is 5.17 Å². The number of anilines is 2. The fourth-order valence-electron chi connectivity index (χ4n) is 1.81. The van der Waals surface area contributed by atoms with Crippen LogP contribution in [0.1, 0.15) is 0 Å². The van der Waals surface area contributed by atoms with Gasteiger partial charge in [-0.15, -0.1) is 0 Å². The van der Waals surface area contributed by atoms with Crippen molar-refractivity contribution < 1.29 is 14.3 Å². The molecule has 0 bridgehead atoms. The molecule has 0 saturated carbocycles. The highest BCUT2D eigenvalue weighted by Gasteiger charge is 2.09. The topological polar surface area (TPSA) is 57.2 Å². The molecule has 0 N–H and O–H groups in total. The van der Waals surface area contributed by atoms with E-state index in [-0.39, 0.29) is 0 Å². The van der Waals surface area contributed by atoms with Crippen LogP contribution in [0.4, 0.5) is 11.4 Å². The van der Waals surface area contributed by atoms with Gasteiger partial charge in [-0.05, 0) is 48.5 Å². The fourth-order valence-corrected chi connectivity index (χ4v) is 1.81. The van der Waals surface area contributed by atoms with Crippen molar-refractivity contribution in [3.05, 3.63) is 53.7 Å². The number of rotatable bonds is 6. The predicted octanol–water partition coefficient (Wildman–Crippen LogP) is 2.99. The maximum atomic E-state index is 12.4. The Labute approximate surface area is 123 Å². The minimum atomic E-state index is 0.425. The molecule has 0 aromatic heterocycles. The Hall–Kier alpha value is -2.44. The van der Waals surface area contributed by atoms with Crippen LogP contribution < -0.4 is 19.8 Å². The number of benzene rings is 2. The van der Waals surface area contributed by atoms with Crippen LogP contribution in [0.3, 0.4) is 0 Å². The van der Waals surface area contributed by atoms with E-state index >= 15 is 0 Å². The molecule has 112 valence electrons. The second-order valence-electron chi connectivity index (χ2n) is 4.12. The van der Waals surface area contributed by atoms with Crippen LogP contribution in [-0.2, 0) is 4.84 Å². The van der Waals surface area contributed by atoms with Gasteiger partial charge in [0, 0.05) is 5.69 Å². The Bertz CT molecular complexity index is 557. The monoisotopic (exact) mass is 289 g/mol. The van der Waals surface area contributed by atoms with Crippen LogP contribution in [0, 0.1) is 5.21 Å². The van der Waals surface area contributed by atoms with Gasteiger partial charge < -0.3 is 19.9 Å². The van der Waals surface area contributed by atoms with Gasteiger partial charge in [-0.1, -0.05) is 0 Å². The molecule has 2 rings (SSSR count). The Morgan fingerprint density at radius 1 is 0.714 bits per heavy atom. The second kappa shape index (κ2) is 6.83. The van der Waals surface area contributed by atoms with E-state index in [2.05, 4.69) is 0 Å². The largest absolute Gasteiger partial charge is 0.737 e. The lowest BCUT2D eigenvalue weighted by Crippen LogP contribution is -2.37. The molecular weight excluding hydrogens is 272 g/mol. The van der Waals surface area contributed by atoms with E-state index in [1.165, 1.54) is 7.11 Å². The van der Waals surface area contributed by atoms with Gasteiger partial charge in [0.1, 0.15) is 11.5 Å². The van der Waals surface area contributed by atoms with Gasteiger partial charge in [0.15, 0.2) is 0 Å². The first-order chi connectivity index (χ1) is 10.2. The molecule has 0 unspecified atom stereocenters. The quantitative estimate of drug-likeness (QED) is 0.762. The number of hydrogen-bond acceptors (Lipinski definition) is 6. The van der Waals surface area contributed by atoms with Crippen LogP contribution in [0.25, 0.3) is 0 Å². The second-order valence-corrected chi connectivity index (χ2v) is 4.12. The van der Waals surface area contributed by atoms with Crippen LogP contribution in [0.5, 0.6) is 11.5 Å². The van der Waals surface area contributed by atoms with Crippen molar-refractivity contribution >= 4 is 11.4 Å². The number of hydrogen-bond donors (Lipinski definition) is 0. The summed E-state index contributed by atoms with van der Waals surface area (Å²) < 4.78 is 10.2. The van der Waals surface area contributed by atoms with Gasteiger partial charge in [0.05, 0.1) is 27.0 Å². The molecule has 0 saturated heterocycles. The predicted molar refractivity (Wildman–Crippen MR) is 81.3 cm³/mol. The SMILES string of the molecule is COc1ccc(N([O-])N(OC)c2ccc(OC)cc2)cc1. The third-order valence-corrected chi connectivity index (χ3v) is 2.92. The molecule has 0 atom stereocenters. The van der Waals surface area contributed by atoms with E-state index in [1.807, 2.05) is 0 Å². The van der Waals surface area contributed by atoms with Crippen molar-refractivity contribution in [2.75, 3.05) is 31.7 Å². The molecule has 21 heavy (non-hydrogen) atoms. The Balaban J connectivity index is 2.21. The van der Waals surface area contributed by atoms with Gasteiger partial charge in [-0.25, -0.2) is 0 Å². The molecule has 0 heterocycles. The Kier molecular flexibility index (Phi) is 4.86. The summed E-state index contributed by atoms with van der Waals surface area (Å²) in [4.78, 5) is 5.16.